The van der Waals surface area contributed by atoms with E-state index in [4.69, 9.17) is 9.47 Å². The number of aliphatic hydroxyl groups is 1. The molecule has 2 aromatic carbocycles. The van der Waals surface area contributed by atoms with Crippen LogP contribution in [0.25, 0.3) is 5.76 Å². The molecular weight excluding hydrogens is 406 g/mol. The van der Waals surface area contributed by atoms with Crippen molar-refractivity contribution in [2.24, 2.45) is 0 Å². The first-order chi connectivity index (χ1) is 15.4. The fraction of sp³-hybridized carbons (Fsp3) is 0.385. The predicted octanol–water partition coefficient (Wildman–Crippen LogP) is 4.67. The van der Waals surface area contributed by atoms with Crippen LogP contribution in [0.5, 0.6) is 5.75 Å². The maximum Gasteiger partial charge on any atom is 0.295 e. The average Bonchev–Trinajstić information content (AvgIpc) is 3.04. The monoisotopic (exact) mass is 437 g/mol. The van der Waals surface area contributed by atoms with Crippen LogP contribution in [0.3, 0.4) is 0 Å². The fourth-order valence-corrected chi connectivity index (χ4v) is 3.93. The highest BCUT2D eigenvalue weighted by molar-refractivity contribution is 6.46. The summed E-state index contributed by atoms with van der Waals surface area (Å²) in [4.78, 5) is 27.5. The van der Waals surface area contributed by atoms with Crippen molar-refractivity contribution < 1.29 is 24.2 Å². The van der Waals surface area contributed by atoms with Crippen molar-refractivity contribution in [2.75, 3.05) is 26.9 Å². The third-order valence-corrected chi connectivity index (χ3v) is 5.65. The Morgan fingerprint density at radius 1 is 1.06 bits per heavy atom. The van der Waals surface area contributed by atoms with Gasteiger partial charge in [0.1, 0.15) is 11.5 Å². The Balaban J connectivity index is 2.06. The standard InChI is InChI=1S/C26H31NO5/c1-5-32-21-13-11-20(12-14-21)24(28)22-23(19-9-7-18(8-10-19)17(2)3)27(15-6-16-31-4)26(30)25(22)29/h7-14,17,23,28H,5-6,15-16H2,1-4H3/b24-22-. The van der Waals surface area contributed by atoms with Crippen LogP contribution in [0.2, 0.25) is 0 Å². The quantitative estimate of drug-likeness (QED) is 0.267. The predicted molar refractivity (Wildman–Crippen MR) is 124 cm³/mol. The lowest BCUT2D eigenvalue weighted by atomic mass is 9.93. The topological polar surface area (TPSA) is 76.1 Å². The number of hydrogen-bond acceptors (Lipinski definition) is 5. The number of nitrogens with zero attached hydrogens (tertiary/aromatic N) is 1. The first kappa shape index (κ1) is 23.5. The minimum atomic E-state index is -0.674. The number of Topliss-reactive ketones (excluding diaryl/α,β-unsaturated/α-hetero) is 1. The number of benzene rings is 2. The molecule has 1 atom stereocenters. The lowest BCUT2D eigenvalue weighted by molar-refractivity contribution is -0.140. The van der Waals surface area contributed by atoms with Crippen LogP contribution >= 0.6 is 0 Å². The Labute approximate surface area is 189 Å². The van der Waals surface area contributed by atoms with Gasteiger partial charge < -0.3 is 19.5 Å². The number of ether oxygens (including phenoxy) is 2. The van der Waals surface area contributed by atoms with Crippen molar-refractivity contribution in [3.8, 4) is 5.75 Å². The van der Waals surface area contributed by atoms with E-state index in [-0.39, 0.29) is 11.3 Å². The summed E-state index contributed by atoms with van der Waals surface area (Å²) >= 11 is 0. The van der Waals surface area contributed by atoms with E-state index >= 15 is 0 Å². The smallest absolute Gasteiger partial charge is 0.295 e. The van der Waals surface area contributed by atoms with Gasteiger partial charge >= 0.3 is 0 Å². The van der Waals surface area contributed by atoms with E-state index in [2.05, 4.69) is 13.8 Å². The minimum absolute atomic E-state index is 0.105. The highest BCUT2D eigenvalue weighted by Crippen LogP contribution is 2.40. The van der Waals surface area contributed by atoms with Gasteiger partial charge in [0.15, 0.2) is 0 Å². The number of carbonyl (C=O) groups excluding carboxylic acids is 2. The minimum Gasteiger partial charge on any atom is -0.507 e. The number of amides is 1. The summed E-state index contributed by atoms with van der Waals surface area (Å²) in [5.74, 6) is -0.428. The molecule has 0 bridgehead atoms. The molecular formula is C26H31NO5. The molecule has 2 aromatic rings. The lowest BCUT2D eigenvalue weighted by Gasteiger charge is -2.25. The number of methoxy groups -OCH3 is 1. The summed E-state index contributed by atoms with van der Waals surface area (Å²) in [7, 11) is 1.60. The van der Waals surface area contributed by atoms with E-state index in [0.29, 0.717) is 43.4 Å². The van der Waals surface area contributed by atoms with Crippen LogP contribution in [0.1, 0.15) is 55.8 Å². The number of ketones is 1. The van der Waals surface area contributed by atoms with Crippen molar-refractivity contribution in [2.45, 2.75) is 39.2 Å². The van der Waals surface area contributed by atoms with Crippen molar-refractivity contribution in [3.63, 3.8) is 0 Å². The molecule has 1 heterocycles. The molecule has 0 saturated carbocycles. The highest BCUT2D eigenvalue weighted by Gasteiger charge is 2.45. The molecule has 1 unspecified atom stereocenters. The molecule has 0 aliphatic carbocycles. The first-order valence-corrected chi connectivity index (χ1v) is 11.0. The molecule has 170 valence electrons. The lowest BCUT2D eigenvalue weighted by Crippen LogP contribution is -2.31. The summed E-state index contributed by atoms with van der Waals surface area (Å²) in [5.41, 5.74) is 2.52. The van der Waals surface area contributed by atoms with E-state index in [9.17, 15) is 14.7 Å². The van der Waals surface area contributed by atoms with E-state index < -0.39 is 17.7 Å². The Hall–Kier alpha value is -3.12. The van der Waals surface area contributed by atoms with E-state index in [1.807, 2.05) is 31.2 Å². The number of carbonyl (C=O) groups is 2. The second kappa shape index (κ2) is 10.5. The Morgan fingerprint density at radius 3 is 2.28 bits per heavy atom. The zero-order chi connectivity index (χ0) is 23.3. The van der Waals surface area contributed by atoms with Crippen LogP contribution in [0.15, 0.2) is 54.1 Å². The second-order valence-electron chi connectivity index (χ2n) is 8.12. The number of aliphatic hydroxyl groups excluding tert-OH is 1. The average molecular weight is 438 g/mol. The molecule has 1 aliphatic heterocycles. The molecule has 1 N–H and O–H groups in total. The molecule has 1 fully saturated rings. The normalized spacial score (nSPS) is 17.9. The van der Waals surface area contributed by atoms with Gasteiger partial charge in [-0.15, -0.1) is 0 Å². The Morgan fingerprint density at radius 2 is 1.72 bits per heavy atom. The summed E-state index contributed by atoms with van der Waals surface area (Å²) < 4.78 is 10.6. The van der Waals surface area contributed by atoms with E-state index in [1.165, 1.54) is 4.90 Å². The molecule has 3 rings (SSSR count). The number of likely N-dealkylation sites (tertiary alicyclic amines) is 1. The van der Waals surface area contributed by atoms with Crippen molar-refractivity contribution in [3.05, 3.63) is 70.8 Å². The van der Waals surface area contributed by atoms with Crippen LogP contribution in [0, 0.1) is 0 Å². The van der Waals surface area contributed by atoms with Gasteiger partial charge in [-0.1, -0.05) is 38.1 Å². The molecule has 6 heteroatoms. The highest BCUT2D eigenvalue weighted by atomic mass is 16.5. The third-order valence-electron chi connectivity index (χ3n) is 5.65. The van der Waals surface area contributed by atoms with Gasteiger partial charge in [-0.05, 0) is 54.7 Å². The van der Waals surface area contributed by atoms with Crippen LogP contribution < -0.4 is 4.74 Å². The third kappa shape index (κ3) is 4.86. The Kier molecular flexibility index (Phi) is 7.70. The van der Waals surface area contributed by atoms with Crippen molar-refractivity contribution in [1.29, 1.82) is 0 Å². The first-order valence-electron chi connectivity index (χ1n) is 11.0. The SMILES string of the molecule is CCOc1ccc(/C(O)=C2/C(=O)C(=O)N(CCCOC)C2c2ccc(C(C)C)cc2)cc1. The maximum absolute atomic E-state index is 13.0. The van der Waals surface area contributed by atoms with Gasteiger partial charge in [0.05, 0.1) is 18.2 Å². The van der Waals surface area contributed by atoms with Crippen molar-refractivity contribution >= 4 is 17.4 Å². The van der Waals surface area contributed by atoms with Gasteiger partial charge in [0.2, 0.25) is 0 Å². The fourth-order valence-electron chi connectivity index (χ4n) is 3.93. The molecule has 1 amide bonds. The summed E-state index contributed by atoms with van der Waals surface area (Å²) in [5, 5.41) is 11.1. The van der Waals surface area contributed by atoms with Gasteiger partial charge in [0, 0.05) is 25.8 Å². The molecule has 0 radical (unpaired) electrons. The second-order valence-corrected chi connectivity index (χ2v) is 8.12. The van der Waals surface area contributed by atoms with Crippen molar-refractivity contribution in [1.82, 2.24) is 4.90 Å². The van der Waals surface area contributed by atoms with E-state index in [0.717, 1.165) is 11.1 Å². The molecule has 0 aromatic heterocycles. The van der Waals surface area contributed by atoms with Crippen LogP contribution in [-0.2, 0) is 14.3 Å². The van der Waals surface area contributed by atoms with Gasteiger partial charge in [0.25, 0.3) is 11.7 Å². The summed E-state index contributed by atoms with van der Waals surface area (Å²) in [6, 6.07) is 14.1. The number of hydrogen-bond donors (Lipinski definition) is 1. The molecule has 1 aliphatic rings. The zero-order valence-corrected chi connectivity index (χ0v) is 19.1. The largest absolute Gasteiger partial charge is 0.507 e. The van der Waals surface area contributed by atoms with Crippen LogP contribution in [-0.4, -0.2) is 48.6 Å². The number of rotatable bonds is 9. The summed E-state index contributed by atoms with van der Waals surface area (Å²) in [6.45, 7) is 7.47. The molecule has 32 heavy (non-hydrogen) atoms. The van der Waals surface area contributed by atoms with Gasteiger partial charge in [-0.3, -0.25) is 9.59 Å². The Bertz CT molecular complexity index is 976. The maximum atomic E-state index is 13.0. The van der Waals surface area contributed by atoms with E-state index in [1.54, 1.807) is 31.4 Å². The molecule has 6 nitrogen and oxygen atoms in total. The van der Waals surface area contributed by atoms with Gasteiger partial charge in [-0.25, -0.2) is 0 Å². The molecule has 1 saturated heterocycles. The zero-order valence-electron chi connectivity index (χ0n) is 19.1. The van der Waals surface area contributed by atoms with Gasteiger partial charge in [-0.2, -0.15) is 0 Å². The van der Waals surface area contributed by atoms with Crippen LogP contribution in [0.4, 0.5) is 0 Å². The molecule has 0 spiro atoms. The summed E-state index contributed by atoms with van der Waals surface area (Å²) in [6.07, 6.45) is 0.590.